The average molecular weight is 479 g/mol. The molecule has 1 atom stereocenters. The van der Waals surface area contributed by atoms with Crippen LogP contribution in [0.3, 0.4) is 0 Å². The van der Waals surface area contributed by atoms with Crippen molar-refractivity contribution in [2.24, 2.45) is 0 Å². The van der Waals surface area contributed by atoms with Crippen LogP contribution in [-0.2, 0) is 4.79 Å². The van der Waals surface area contributed by atoms with Gasteiger partial charge in [-0.15, -0.1) is 0 Å². The molecule has 1 aromatic heterocycles. The maximum atomic E-state index is 12.9. The molecule has 1 saturated heterocycles. The number of piperazine rings is 1. The minimum atomic E-state index is -0.807. The van der Waals surface area contributed by atoms with Crippen LogP contribution in [0.1, 0.15) is 23.7 Å². The zero-order valence-corrected chi connectivity index (χ0v) is 19.7. The molecule has 1 aliphatic heterocycles. The number of pyridine rings is 1. The van der Waals surface area contributed by atoms with Gasteiger partial charge in [0.15, 0.2) is 0 Å². The molecular formula is C26H27ClN4O3. The molecule has 7 nitrogen and oxygen atoms in total. The Kier molecular flexibility index (Phi) is 7.45. The van der Waals surface area contributed by atoms with Gasteiger partial charge in [-0.05, 0) is 66.1 Å². The summed E-state index contributed by atoms with van der Waals surface area (Å²) >= 11 is 5.98. The number of amides is 1. The third kappa shape index (κ3) is 5.55. The highest BCUT2D eigenvalue weighted by atomic mass is 35.5. The van der Waals surface area contributed by atoms with Gasteiger partial charge in [-0.1, -0.05) is 30.7 Å². The molecule has 4 rings (SSSR count). The number of carboxylic acid groups (broad SMARTS) is 1. The molecule has 176 valence electrons. The van der Waals surface area contributed by atoms with E-state index in [9.17, 15) is 14.7 Å². The van der Waals surface area contributed by atoms with E-state index in [1.807, 2.05) is 60.4 Å². The van der Waals surface area contributed by atoms with Gasteiger partial charge in [0.2, 0.25) is 0 Å². The van der Waals surface area contributed by atoms with Crippen LogP contribution in [0, 0.1) is 0 Å². The van der Waals surface area contributed by atoms with Gasteiger partial charge < -0.3 is 15.3 Å². The van der Waals surface area contributed by atoms with E-state index in [1.54, 1.807) is 23.2 Å². The van der Waals surface area contributed by atoms with Crippen LogP contribution in [0.25, 0.3) is 11.1 Å². The van der Waals surface area contributed by atoms with Crippen molar-refractivity contribution in [3.8, 4) is 11.1 Å². The van der Waals surface area contributed by atoms with Crippen LogP contribution in [0.2, 0.25) is 5.02 Å². The van der Waals surface area contributed by atoms with Crippen LogP contribution in [0.5, 0.6) is 0 Å². The monoisotopic (exact) mass is 478 g/mol. The Morgan fingerprint density at radius 2 is 1.68 bits per heavy atom. The van der Waals surface area contributed by atoms with Crippen molar-refractivity contribution in [2.75, 3.05) is 31.5 Å². The lowest BCUT2D eigenvalue weighted by molar-refractivity contribution is -0.144. The molecule has 0 saturated carbocycles. The molecule has 0 spiro atoms. The molecule has 34 heavy (non-hydrogen) atoms. The number of carbonyl (C=O) groups is 2. The Hall–Kier alpha value is -3.42. The summed E-state index contributed by atoms with van der Waals surface area (Å²) < 4.78 is 0. The first-order valence-corrected chi connectivity index (χ1v) is 11.7. The van der Waals surface area contributed by atoms with Crippen LogP contribution in [-0.4, -0.2) is 64.0 Å². The Morgan fingerprint density at radius 1 is 1.00 bits per heavy atom. The summed E-state index contributed by atoms with van der Waals surface area (Å²) in [5, 5.41) is 13.3. The largest absolute Gasteiger partial charge is 0.480 e. The van der Waals surface area contributed by atoms with Crippen molar-refractivity contribution >= 4 is 35.0 Å². The number of nitrogens with one attached hydrogen (secondary N) is 1. The third-order valence-corrected chi connectivity index (χ3v) is 6.31. The Bertz CT molecular complexity index is 1140. The van der Waals surface area contributed by atoms with Gasteiger partial charge in [-0.3, -0.25) is 14.5 Å². The molecule has 8 heteroatoms. The van der Waals surface area contributed by atoms with E-state index < -0.39 is 12.0 Å². The van der Waals surface area contributed by atoms with Crippen molar-refractivity contribution < 1.29 is 14.7 Å². The Labute approximate surface area is 204 Å². The number of carboxylic acids is 1. The second-order valence-electron chi connectivity index (χ2n) is 8.23. The summed E-state index contributed by atoms with van der Waals surface area (Å²) in [5.74, 6) is -0.150. The minimum Gasteiger partial charge on any atom is -0.480 e. The number of hydrogen-bond donors (Lipinski definition) is 2. The molecule has 1 aliphatic rings. The van der Waals surface area contributed by atoms with Crippen molar-refractivity contribution in [2.45, 2.75) is 19.4 Å². The van der Waals surface area contributed by atoms with Crippen LogP contribution >= 0.6 is 11.6 Å². The summed E-state index contributed by atoms with van der Waals surface area (Å²) in [6.45, 7) is 4.03. The first-order chi connectivity index (χ1) is 16.4. The lowest BCUT2D eigenvalue weighted by Gasteiger charge is -2.37. The molecule has 3 aromatic rings. The molecule has 1 unspecified atom stereocenters. The van der Waals surface area contributed by atoms with Gasteiger partial charge in [0, 0.05) is 48.6 Å². The van der Waals surface area contributed by atoms with E-state index in [2.05, 4.69) is 10.3 Å². The number of aliphatic carboxylic acids is 1. The zero-order valence-electron chi connectivity index (χ0n) is 18.9. The van der Waals surface area contributed by atoms with Crippen LogP contribution < -0.4 is 5.32 Å². The summed E-state index contributed by atoms with van der Waals surface area (Å²) in [6.07, 6.45) is 2.30. The highest BCUT2D eigenvalue weighted by molar-refractivity contribution is 6.30. The van der Waals surface area contributed by atoms with E-state index in [-0.39, 0.29) is 5.91 Å². The third-order valence-electron chi connectivity index (χ3n) is 6.06. The number of hydrogen-bond acceptors (Lipinski definition) is 5. The molecule has 1 amide bonds. The molecule has 2 heterocycles. The van der Waals surface area contributed by atoms with Crippen LogP contribution in [0.15, 0.2) is 66.9 Å². The predicted octanol–water partition coefficient (Wildman–Crippen LogP) is 4.77. The number of carbonyl (C=O) groups excluding carboxylic acids is 1. The second kappa shape index (κ2) is 10.7. The molecule has 2 N–H and O–H groups in total. The summed E-state index contributed by atoms with van der Waals surface area (Å²) in [5.41, 5.74) is 3.50. The van der Waals surface area contributed by atoms with Gasteiger partial charge in [0.25, 0.3) is 5.91 Å². The highest BCUT2D eigenvalue weighted by Crippen LogP contribution is 2.25. The standard InChI is InChI=1S/C26H27ClN4O3/c1-2-23(26(33)34)30-13-15-31(16-14-30)25(32)19-5-9-22(10-6-19)29-24-17-20(11-12-28-24)18-3-7-21(27)8-4-18/h3-12,17,23H,2,13-16H2,1H3,(H,28,29)(H,33,34). The van der Waals surface area contributed by atoms with E-state index in [0.717, 1.165) is 16.8 Å². The summed E-state index contributed by atoms with van der Waals surface area (Å²) in [4.78, 5) is 32.4. The normalized spacial score (nSPS) is 15.1. The SMILES string of the molecule is CCC(C(=O)O)N1CCN(C(=O)c2ccc(Nc3cc(-c4ccc(Cl)cc4)ccn3)cc2)CC1. The number of rotatable bonds is 7. The molecule has 1 fully saturated rings. The molecule has 2 aromatic carbocycles. The first kappa shape index (κ1) is 23.7. The second-order valence-corrected chi connectivity index (χ2v) is 8.67. The summed E-state index contributed by atoms with van der Waals surface area (Å²) in [7, 11) is 0. The number of halogens is 1. The van der Waals surface area contributed by atoms with Crippen molar-refractivity contribution in [3.63, 3.8) is 0 Å². The number of aromatic nitrogens is 1. The lowest BCUT2D eigenvalue weighted by Crippen LogP contribution is -2.53. The van der Waals surface area contributed by atoms with Gasteiger partial charge in [-0.2, -0.15) is 0 Å². The van der Waals surface area contributed by atoms with Gasteiger partial charge in [0.1, 0.15) is 11.9 Å². The average Bonchev–Trinajstić information content (AvgIpc) is 2.85. The smallest absolute Gasteiger partial charge is 0.320 e. The summed E-state index contributed by atoms with van der Waals surface area (Å²) in [6, 6.07) is 18.4. The molecule has 0 radical (unpaired) electrons. The van der Waals surface area contributed by atoms with E-state index >= 15 is 0 Å². The number of nitrogens with zero attached hydrogens (tertiary/aromatic N) is 3. The van der Waals surface area contributed by atoms with E-state index in [0.29, 0.717) is 49.0 Å². The maximum absolute atomic E-state index is 12.9. The first-order valence-electron chi connectivity index (χ1n) is 11.3. The fourth-order valence-corrected chi connectivity index (χ4v) is 4.30. The van der Waals surface area contributed by atoms with Gasteiger partial charge in [-0.25, -0.2) is 4.98 Å². The minimum absolute atomic E-state index is 0.0440. The van der Waals surface area contributed by atoms with Crippen molar-refractivity contribution in [3.05, 3.63) is 77.4 Å². The van der Waals surface area contributed by atoms with E-state index in [1.165, 1.54) is 0 Å². The fraction of sp³-hybridized carbons (Fsp3) is 0.269. The zero-order chi connectivity index (χ0) is 24.1. The van der Waals surface area contributed by atoms with Crippen LogP contribution in [0.4, 0.5) is 11.5 Å². The van der Waals surface area contributed by atoms with Gasteiger partial charge in [0.05, 0.1) is 0 Å². The fourth-order valence-electron chi connectivity index (χ4n) is 4.17. The van der Waals surface area contributed by atoms with Crippen molar-refractivity contribution in [1.29, 1.82) is 0 Å². The topological polar surface area (TPSA) is 85.8 Å². The van der Waals surface area contributed by atoms with Gasteiger partial charge >= 0.3 is 5.97 Å². The predicted molar refractivity (Wildman–Crippen MR) is 134 cm³/mol. The van der Waals surface area contributed by atoms with E-state index in [4.69, 9.17) is 11.6 Å². The highest BCUT2D eigenvalue weighted by Gasteiger charge is 2.29. The number of anilines is 2. The molecule has 0 aliphatic carbocycles. The lowest BCUT2D eigenvalue weighted by atomic mass is 10.1. The van der Waals surface area contributed by atoms with Crippen molar-refractivity contribution in [1.82, 2.24) is 14.8 Å². The molecular weight excluding hydrogens is 452 g/mol. The molecule has 0 bridgehead atoms. The Balaban J connectivity index is 1.37. The number of benzene rings is 2. The maximum Gasteiger partial charge on any atom is 0.320 e. The Morgan fingerprint density at radius 3 is 2.29 bits per heavy atom. The quantitative estimate of drug-likeness (QED) is 0.509.